The monoisotopic (exact) mass is 542 g/mol. The van der Waals surface area contributed by atoms with Crippen molar-refractivity contribution in [2.45, 2.75) is 49.3 Å². The van der Waals surface area contributed by atoms with Crippen molar-refractivity contribution in [2.75, 3.05) is 17.2 Å². The molecule has 1 aliphatic rings. The molecule has 0 radical (unpaired) electrons. The number of thioether (sulfide) groups is 1. The van der Waals surface area contributed by atoms with E-state index >= 15 is 0 Å². The highest BCUT2D eigenvalue weighted by Crippen LogP contribution is 2.35. The average Bonchev–Trinajstić information content (AvgIpc) is 2.92. The summed E-state index contributed by atoms with van der Waals surface area (Å²) < 4.78 is 38.8. The molecule has 38 heavy (non-hydrogen) atoms. The standard InChI is InChI=1S/C29H29F3N2O3S/c1-2-38-25-14-3-19(4-15-25)17-33-27(35)21-7-12-24(13-8-21)34-18-22(9-16-26(34)28(36)37)20-5-10-23(11-6-20)29(30,31)32/h3-8,10-15,22,26H,2,9,16-18H2,1H3,(H,33,35)(H,36,37)/t22?,26-/m0/s1. The Kier molecular flexibility index (Phi) is 8.66. The fourth-order valence-corrected chi connectivity index (χ4v) is 5.35. The second-order valence-electron chi connectivity index (χ2n) is 9.21. The third-order valence-electron chi connectivity index (χ3n) is 6.72. The Hall–Kier alpha value is -3.46. The number of hydrogen-bond donors (Lipinski definition) is 2. The van der Waals surface area contributed by atoms with Gasteiger partial charge in [0.25, 0.3) is 5.91 Å². The number of carboxylic acid groups (broad SMARTS) is 1. The van der Waals surface area contributed by atoms with Crippen LogP contribution in [0.15, 0.2) is 77.7 Å². The number of alkyl halides is 3. The van der Waals surface area contributed by atoms with Gasteiger partial charge in [0, 0.05) is 35.2 Å². The average molecular weight is 543 g/mol. The molecule has 200 valence electrons. The number of anilines is 1. The van der Waals surface area contributed by atoms with Crippen LogP contribution in [0.25, 0.3) is 0 Å². The Morgan fingerprint density at radius 3 is 2.21 bits per heavy atom. The molecule has 0 aromatic heterocycles. The quantitative estimate of drug-likeness (QED) is 0.315. The van der Waals surface area contributed by atoms with Gasteiger partial charge in [-0.1, -0.05) is 31.2 Å². The Morgan fingerprint density at radius 2 is 1.63 bits per heavy atom. The van der Waals surface area contributed by atoms with Crippen molar-refractivity contribution in [2.24, 2.45) is 0 Å². The number of halogens is 3. The van der Waals surface area contributed by atoms with E-state index in [0.29, 0.717) is 37.2 Å². The van der Waals surface area contributed by atoms with Gasteiger partial charge in [0.2, 0.25) is 0 Å². The lowest BCUT2D eigenvalue weighted by Gasteiger charge is -2.39. The first-order valence-electron chi connectivity index (χ1n) is 12.4. The van der Waals surface area contributed by atoms with Gasteiger partial charge in [-0.05, 0) is 78.3 Å². The van der Waals surface area contributed by atoms with Gasteiger partial charge in [0.1, 0.15) is 6.04 Å². The zero-order valence-electron chi connectivity index (χ0n) is 20.9. The molecule has 0 spiro atoms. The van der Waals surface area contributed by atoms with E-state index in [1.54, 1.807) is 40.9 Å². The summed E-state index contributed by atoms with van der Waals surface area (Å²) in [6.07, 6.45) is -3.49. The number of carboxylic acids is 1. The molecule has 0 aliphatic carbocycles. The molecule has 2 atom stereocenters. The lowest BCUT2D eigenvalue weighted by molar-refractivity contribution is -0.139. The number of nitrogens with zero attached hydrogens (tertiary/aromatic N) is 1. The van der Waals surface area contributed by atoms with Crippen molar-refractivity contribution in [1.82, 2.24) is 5.32 Å². The number of amides is 1. The van der Waals surface area contributed by atoms with Crippen LogP contribution in [-0.2, 0) is 17.5 Å². The highest BCUT2D eigenvalue weighted by Gasteiger charge is 2.35. The number of hydrogen-bond acceptors (Lipinski definition) is 4. The summed E-state index contributed by atoms with van der Waals surface area (Å²) in [5.74, 6) is -0.314. The predicted molar refractivity (Wildman–Crippen MR) is 143 cm³/mol. The van der Waals surface area contributed by atoms with E-state index in [2.05, 4.69) is 12.2 Å². The summed E-state index contributed by atoms with van der Waals surface area (Å²) in [7, 11) is 0. The first-order chi connectivity index (χ1) is 18.2. The number of carbonyl (C=O) groups is 2. The summed E-state index contributed by atoms with van der Waals surface area (Å²) in [6, 6.07) is 19.1. The molecule has 1 saturated heterocycles. The molecule has 5 nitrogen and oxygen atoms in total. The van der Waals surface area contributed by atoms with E-state index < -0.39 is 23.8 Å². The number of piperidine rings is 1. The predicted octanol–water partition coefficient (Wildman–Crippen LogP) is 6.58. The number of carbonyl (C=O) groups excluding carboxylic acids is 1. The number of aliphatic carboxylic acids is 1. The molecular formula is C29H29F3N2O3S. The van der Waals surface area contributed by atoms with Crippen molar-refractivity contribution >= 4 is 29.3 Å². The normalized spacial score (nSPS) is 17.7. The van der Waals surface area contributed by atoms with Crippen LogP contribution >= 0.6 is 11.8 Å². The third-order valence-corrected chi connectivity index (χ3v) is 7.62. The minimum absolute atomic E-state index is 0.113. The lowest BCUT2D eigenvalue weighted by Crippen LogP contribution is -2.47. The second-order valence-corrected chi connectivity index (χ2v) is 10.5. The SMILES string of the molecule is CCSc1ccc(CNC(=O)c2ccc(N3CC(c4ccc(C(F)(F)F)cc4)CC[C@H]3C(=O)O)cc2)cc1. The molecular weight excluding hydrogens is 513 g/mol. The van der Waals surface area contributed by atoms with Crippen molar-refractivity contribution in [3.8, 4) is 0 Å². The van der Waals surface area contributed by atoms with E-state index in [-0.39, 0.29) is 11.8 Å². The van der Waals surface area contributed by atoms with Gasteiger partial charge in [0.05, 0.1) is 5.56 Å². The first kappa shape index (κ1) is 27.6. The Balaban J connectivity index is 1.43. The summed E-state index contributed by atoms with van der Waals surface area (Å²) >= 11 is 1.75. The van der Waals surface area contributed by atoms with Gasteiger partial charge in [-0.15, -0.1) is 11.8 Å². The smallest absolute Gasteiger partial charge is 0.416 e. The summed E-state index contributed by atoms with van der Waals surface area (Å²) in [5.41, 5.74) is 2.12. The molecule has 1 amide bonds. The Morgan fingerprint density at radius 1 is 0.974 bits per heavy atom. The van der Waals surface area contributed by atoms with E-state index in [9.17, 15) is 27.9 Å². The zero-order chi connectivity index (χ0) is 27.3. The van der Waals surface area contributed by atoms with Crippen molar-refractivity contribution in [3.63, 3.8) is 0 Å². The molecule has 0 saturated carbocycles. The molecule has 2 N–H and O–H groups in total. The van der Waals surface area contributed by atoms with E-state index in [4.69, 9.17) is 0 Å². The van der Waals surface area contributed by atoms with Crippen LogP contribution in [0, 0.1) is 0 Å². The fraction of sp³-hybridized carbons (Fsp3) is 0.310. The molecule has 4 rings (SSSR count). The van der Waals surface area contributed by atoms with E-state index in [1.165, 1.54) is 17.0 Å². The third kappa shape index (κ3) is 6.69. The van der Waals surface area contributed by atoms with E-state index in [0.717, 1.165) is 29.0 Å². The topological polar surface area (TPSA) is 69.6 Å². The van der Waals surface area contributed by atoms with Crippen LogP contribution in [0.2, 0.25) is 0 Å². The van der Waals surface area contributed by atoms with Crippen LogP contribution in [0.5, 0.6) is 0 Å². The van der Waals surface area contributed by atoms with Crippen molar-refractivity contribution in [3.05, 3.63) is 95.1 Å². The largest absolute Gasteiger partial charge is 0.480 e. The molecule has 3 aromatic carbocycles. The molecule has 0 bridgehead atoms. The first-order valence-corrected chi connectivity index (χ1v) is 13.4. The maximum Gasteiger partial charge on any atom is 0.416 e. The molecule has 3 aromatic rings. The van der Waals surface area contributed by atoms with Crippen molar-refractivity contribution < 1.29 is 27.9 Å². The van der Waals surface area contributed by atoms with Gasteiger partial charge in [-0.2, -0.15) is 13.2 Å². The minimum Gasteiger partial charge on any atom is -0.480 e. The number of benzene rings is 3. The zero-order valence-corrected chi connectivity index (χ0v) is 21.7. The van der Waals surface area contributed by atoms with Crippen LogP contribution in [0.4, 0.5) is 18.9 Å². The van der Waals surface area contributed by atoms with Gasteiger partial charge in [0.15, 0.2) is 0 Å². The summed E-state index contributed by atoms with van der Waals surface area (Å²) in [4.78, 5) is 27.6. The lowest BCUT2D eigenvalue weighted by atomic mass is 9.86. The molecule has 9 heteroatoms. The summed E-state index contributed by atoms with van der Waals surface area (Å²) in [6.45, 7) is 2.83. The number of nitrogens with one attached hydrogen (secondary N) is 1. The maximum absolute atomic E-state index is 12.9. The van der Waals surface area contributed by atoms with Gasteiger partial charge in [-0.25, -0.2) is 4.79 Å². The molecule has 1 unspecified atom stereocenters. The van der Waals surface area contributed by atoms with Crippen LogP contribution in [-0.4, -0.2) is 35.3 Å². The second kappa shape index (κ2) is 11.9. The van der Waals surface area contributed by atoms with Crippen LogP contribution in [0.3, 0.4) is 0 Å². The van der Waals surface area contributed by atoms with Crippen molar-refractivity contribution in [1.29, 1.82) is 0 Å². The fourth-order valence-electron chi connectivity index (χ4n) is 4.69. The minimum atomic E-state index is -4.40. The van der Waals surface area contributed by atoms with E-state index in [1.807, 2.05) is 24.3 Å². The number of rotatable bonds is 8. The highest BCUT2D eigenvalue weighted by atomic mass is 32.2. The molecule has 1 heterocycles. The van der Waals surface area contributed by atoms with Gasteiger partial charge < -0.3 is 15.3 Å². The van der Waals surface area contributed by atoms with Gasteiger partial charge >= 0.3 is 12.1 Å². The Labute approximate surface area is 224 Å². The molecule has 1 aliphatic heterocycles. The maximum atomic E-state index is 12.9. The van der Waals surface area contributed by atoms with Gasteiger partial charge in [-0.3, -0.25) is 4.79 Å². The summed E-state index contributed by atoms with van der Waals surface area (Å²) in [5, 5.41) is 12.7. The van der Waals surface area contributed by atoms with Crippen LogP contribution < -0.4 is 10.2 Å². The highest BCUT2D eigenvalue weighted by molar-refractivity contribution is 7.99. The van der Waals surface area contributed by atoms with Crippen LogP contribution in [0.1, 0.15) is 52.7 Å². The molecule has 1 fully saturated rings. The Bertz CT molecular complexity index is 1250.